The second-order valence-corrected chi connectivity index (χ2v) is 7.16. The second-order valence-electron chi connectivity index (χ2n) is 5.58. The van der Waals surface area contributed by atoms with Gasteiger partial charge < -0.3 is 15.2 Å². The van der Waals surface area contributed by atoms with Crippen molar-refractivity contribution in [2.45, 2.75) is 19.2 Å². The highest BCUT2D eigenvalue weighted by atomic mass is 127. The Morgan fingerprint density at radius 1 is 1.16 bits per heavy atom. The molecule has 1 aromatic heterocycles. The first-order valence-electron chi connectivity index (χ1n) is 8.19. The molecule has 0 amide bonds. The van der Waals surface area contributed by atoms with Crippen molar-refractivity contribution in [3.8, 4) is 0 Å². The van der Waals surface area contributed by atoms with Crippen molar-refractivity contribution in [3.05, 3.63) is 59.9 Å². The summed E-state index contributed by atoms with van der Waals surface area (Å²) in [5.41, 5.74) is 2.28. The smallest absolute Gasteiger partial charge is 0.191 e. The fourth-order valence-corrected chi connectivity index (χ4v) is 3.32. The van der Waals surface area contributed by atoms with Gasteiger partial charge in [0.1, 0.15) is 0 Å². The van der Waals surface area contributed by atoms with Crippen molar-refractivity contribution in [3.63, 3.8) is 0 Å². The van der Waals surface area contributed by atoms with E-state index in [1.807, 2.05) is 55.1 Å². The van der Waals surface area contributed by atoms with E-state index in [0.717, 1.165) is 18.1 Å². The summed E-state index contributed by atoms with van der Waals surface area (Å²) < 4.78 is 14.2. The van der Waals surface area contributed by atoms with Crippen LogP contribution in [0.2, 0.25) is 0 Å². The zero-order chi connectivity index (χ0) is 17.2. The van der Waals surface area contributed by atoms with Gasteiger partial charge in [-0.2, -0.15) is 0 Å². The minimum absolute atomic E-state index is 0. The first kappa shape index (κ1) is 21.7. The molecular weight excluding hydrogens is 447 g/mol. The average Bonchev–Trinajstić information content (AvgIpc) is 2.99. The first-order valence-corrected chi connectivity index (χ1v) is 9.68. The van der Waals surface area contributed by atoms with Crippen molar-refractivity contribution in [1.82, 2.24) is 15.2 Å². The standard InChI is InChI=1S/C18H26N4OS.HI/c1-3-19-18(21-13-17-9-11-22(2)14-17)20-10-12-24(23)15-16-7-5-4-6-8-16;/h4-9,11,14H,3,10,12-13,15H2,1-2H3,(H2,19,20,21);1H. The Labute approximate surface area is 169 Å². The SMILES string of the molecule is CCNC(=NCc1ccn(C)c1)NCCS(=O)Cc1ccccc1.I. The molecule has 0 spiro atoms. The monoisotopic (exact) mass is 474 g/mol. The number of nitrogens with one attached hydrogen (secondary N) is 2. The molecule has 138 valence electrons. The topological polar surface area (TPSA) is 58.4 Å². The number of rotatable bonds is 8. The summed E-state index contributed by atoms with van der Waals surface area (Å²) in [4.78, 5) is 4.56. The van der Waals surface area contributed by atoms with Gasteiger partial charge in [0, 0.05) is 54.8 Å². The molecule has 2 aromatic rings. The highest BCUT2D eigenvalue weighted by Gasteiger charge is 2.03. The van der Waals surface area contributed by atoms with E-state index in [1.54, 1.807) is 0 Å². The van der Waals surface area contributed by atoms with E-state index in [9.17, 15) is 4.21 Å². The number of aryl methyl sites for hydroxylation is 1. The number of halogens is 1. The van der Waals surface area contributed by atoms with Gasteiger partial charge in [-0.1, -0.05) is 30.3 Å². The van der Waals surface area contributed by atoms with E-state index in [1.165, 1.54) is 5.56 Å². The Hall–Kier alpha value is -1.35. The van der Waals surface area contributed by atoms with Gasteiger partial charge in [-0.05, 0) is 24.1 Å². The highest BCUT2D eigenvalue weighted by molar-refractivity contribution is 14.0. The fraction of sp³-hybridized carbons (Fsp3) is 0.389. The number of hydrogen-bond donors (Lipinski definition) is 2. The Kier molecular flexibility index (Phi) is 10.5. The summed E-state index contributed by atoms with van der Waals surface area (Å²) in [5, 5.41) is 6.47. The third-order valence-corrected chi connectivity index (χ3v) is 4.76. The van der Waals surface area contributed by atoms with Gasteiger partial charge in [0.25, 0.3) is 0 Å². The predicted octanol–water partition coefficient (Wildman–Crippen LogP) is 2.65. The van der Waals surface area contributed by atoms with Crippen molar-refractivity contribution in [2.24, 2.45) is 12.0 Å². The predicted molar refractivity (Wildman–Crippen MR) is 117 cm³/mol. The molecule has 7 heteroatoms. The molecule has 1 unspecified atom stereocenters. The maximum atomic E-state index is 12.1. The van der Waals surface area contributed by atoms with Gasteiger partial charge in [0.2, 0.25) is 0 Å². The van der Waals surface area contributed by atoms with Crippen LogP contribution >= 0.6 is 24.0 Å². The van der Waals surface area contributed by atoms with Crippen molar-refractivity contribution in [1.29, 1.82) is 0 Å². The normalized spacial score (nSPS) is 12.3. The molecule has 0 bridgehead atoms. The van der Waals surface area contributed by atoms with Crippen LogP contribution in [-0.2, 0) is 30.1 Å². The lowest BCUT2D eigenvalue weighted by Gasteiger charge is -2.11. The largest absolute Gasteiger partial charge is 0.357 e. The van der Waals surface area contributed by atoms with Crippen LogP contribution in [0.5, 0.6) is 0 Å². The number of hydrogen-bond acceptors (Lipinski definition) is 2. The van der Waals surface area contributed by atoms with Gasteiger partial charge >= 0.3 is 0 Å². The zero-order valence-corrected chi connectivity index (χ0v) is 17.9. The Balaban J connectivity index is 0.00000312. The van der Waals surface area contributed by atoms with Crippen LogP contribution in [-0.4, -0.2) is 33.6 Å². The lowest BCUT2D eigenvalue weighted by Crippen LogP contribution is -2.39. The van der Waals surface area contributed by atoms with Gasteiger partial charge in [0.05, 0.1) is 6.54 Å². The number of benzene rings is 1. The third-order valence-electron chi connectivity index (χ3n) is 3.45. The average molecular weight is 474 g/mol. The highest BCUT2D eigenvalue weighted by Crippen LogP contribution is 2.03. The molecule has 1 aromatic carbocycles. The molecule has 0 saturated carbocycles. The van der Waals surface area contributed by atoms with Crippen LogP contribution in [0.1, 0.15) is 18.1 Å². The van der Waals surface area contributed by atoms with Crippen molar-refractivity contribution >= 4 is 40.7 Å². The minimum Gasteiger partial charge on any atom is -0.357 e. The molecule has 0 aliphatic heterocycles. The first-order chi connectivity index (χ1) is 11.7. The van der Waals surface area contributed by atoms with E-state index in [-0.39, 0.29) is 24.0 Å². The van der Waals surface area contributed by atoms with E-state index in [0.29, 0.717) is 24.6 Å². The Morgan fingerprint density at radius 2 is 1.92 bits per heavy atom. The van der Waals surface area contributed by atoms with E-state index < -0.39 is 10.8 Å². The molecule has 25 heavy (non-hydrogen) atoms. The van der Waals surface area contributed by atoms with Crippen molar-refractivity contribution in [2.75, 3.05) is 18.8 Å². The number of guanidine groups is 1. The van der Waals surface area contributed by atoms with Crippen LogP contribution in [0.25, 0.3) is 0 Å². The molecular formula is C18H27IN4OS. The fourth-order valence-electron chi connectivity index (χ4n) is 2.28. The third kappa shape index (κ3) is 8.53. The lowest BCUT2D eigenvalue weighted by molar-refractivity contribution is 0.680. The Bertz CT molecular complexity index is 673. The van der Waals surface area contributed by atoms with E-state index in [4.69, 9.17) is 0 Å². The number of nitrogens with zero attached hydrogens (tertiary/aromatic N) is 2. The minimum atomic E-state index is -0.877. The molecule has 1 heterocycles. The summed E-state index contributed by atoms with van der Waals surface area (Å²) in [6, 6.07) is 12.0. The molecule has 2 rings (SSSR count). The summed E-state index contributed by atoms with van der Waals surface area (Å²) in [7, 11) is 1.12. The van der Waals surface area contributed by atoms with Gasteiger partial charge in [-0.3, -0.25) is 4.21 Å². The summed E-state index contributed by atoms with van der Waals surface area (Å²) in [6.07, 6.45) is 4.07. The van der Waals surface area contributed by atoms with E-state index in [2.05, 4.69) is 27.9 Å². The maximum Gasteiger partial charge on any atom is 0.191 e. The van der Waals surface area contributed by atoms with Crippen LogP contribution in [0.4, 0.5) is 0 Å². The number of aromatic nitrogens is 1. The zero-order valence-electron chi connectivity index (χ0n) is 14.8. The lowest BCUT2D eigenvalue weighted by atomic mass is 10.2. The molecule has 2 N–H and O–H groups in total. The molecule has 0 radical (unpaired) electrons. The molecule has 0 aliphatic rings. The summed E-state index contributed by atoms with van der Waals surface area (Å²) in [6.45, 7) is 4.10. The van der Waals surface area contributed by atoms with Crippen LogP contribution in [0.15, 0.2) is 53.8 Å². The Morgan fingerprint density at radius 3 is 2.56 bits per heavy atom. The molecule has 0 aliphatic carbocycles. The van der Waals surface area contributed by atoms with Crippen molar-refractivity contribution < 1.29 is 4.21 Å². The summed E-state index contributed by atoms with van der Waals surface area (Å²) >= 11 is 0. The van der Waals surface area contributed by atoms with Crippen LogP contribution in [0.3, 0.4) is 0 Å². The molecule has 0 fully saturated rings. The second kappa shape index (κ2) is 12.1. The van der Waals surface area contributed by atoms with Crippen LogP contribution < -0.4 is 10.6 Å². The van der Waals surface area contributed by atoms with E-state index >= 15 is 0 Å². The molecule has 5 nitrogen and oxygen atoms in total. The molecule has 1 atom stereocenters. The molecule has 0 saturated heterocycles. The quantitative estimate of drug-likeness (QED) is 0.352. The maximum absolute atomic E-state index is 12.1. The van der Waals surface area contributed by atoms with Gasteiger partial charge in [0.15, 0.2) is 5.96 Å². The summed E-state index contributed by atoms with van der Waals surface area (Å²) in [5.74, 6) is 1.96. The van der Waals surface area contributed by atoms with Gasteiger partial charge in [-0.25, -0.2) is 4.99 Å². The van der Waals surface area contributed by atoms with Gasteiger partial charge in [-0.15, -0.1) is 24.0 Å². The number of aliphatic imine (C=N–C) groups is 1. The van der Waals surface area contributed by atoms with Crippen LogP contribution in [0, 0.1) is 0 Å².